The zero-order valence-electron chi connectivity index (χ0n) is 7.36. The zero-order valence-corrected chi connectivity index (χ0v) is 7.36. The molecule has 1 heterocycles. The van der Waals surface area contributed by atoms with Crippen LogP contribution in [0.3, 0.4) is 0 Å². The molecule has 0 aromatic carbocycles. The molecule has 1 rings (SSSR count). The van der Waals surface area contributed by atoms with Crippen molar-refractivity contribution in [3.8, 4) is 0 Å². The number of dihydropyridines is 1. The summed E-state index contributed by atoms with van der Waals surface area (Å²) >= 11 is 0. The maximum Gasteiger partial charge on any atom is 0.265 e. The van der Waals surface area contributed by atoms with Gasteiger partial charge in [-0.3, -0.25) is 9.80 Å². The highest BCUT2D eigenvalue weighted by molar-refractivity contribution is 5.93. The van der Waals surface area contributed by atoms with Crippen LogP contribution in [0.1, 0.15) is 6.42 Å². The average Bonchev–Trinajstić information content (AvgIpc) is 2.18. The van der Waals surface area contributed by atoms with Gasteiger partial charge in [-0.25, -0.2) is 5.84 Å². The average molecular weight is 179 g/mol. The Morgan fingerprint density at radius 2 is 2.62 bits per heavy atom. The SMILES string of the molecule is C=CCN(N)C(=O)C1=CNC=CC1. The van der Waals surface area contributed by atoms with E-state index in [2.05, 4.69) is 11.9 Å². The van der Waals surface area contributed by atoms with Crippen LogP contribution in [0.15, 0.2) is 36.7 Å². The van der Waals surface area contributed by atoms with Crippen LogP contribution < -0.4 is 11.2 Å². The summed E-state index contributed by atoms with van der Waals surface area (Å²) in [6.45, 7) is 3.87. The number of allylic oxidation sites excluding steroid dienone is 1. The molecule has 0 atom stereocenters. The Labute approximate surface area is 77.4 Å². The molecule has 4 heteroatoms. The highest BCUT2D eigenvalue weighted by Gasteiger charge is 2.13. The summed E-state index contributed by atoms with van der Waals surface area (Å²) in [4.78, 5) is 11.5. The fourth-order valence-electron chi connectivity index (χ4n) is 1.02. The van der Waals surface area contributed by atoms with E-state index in [1.54, 1.807) is 18.5 Å². The second-order valence-electron chi connectivity index (χ2n) is 2.69. The molecule has 0 aliphatic carbocycles. The van der Waals surface area contributed by atoms with Crippen molar-refractivity contribution in [1.29, 1.82) is 0 Å². The van der Waals surface area contributed by atoms with Crippen LogP contribution in [-0.4, -0.2) is 17.5 Å². The summed E-state index contributed by atoms with van der Waals surface area (Å²) < 4.78 is 0. The number of carbonyl (C=O) groups excluding carboxylic acids is 1. The van der Waals surface area contributed by atoms with E-state index in [4.69, 9.17) is 5.84 Å². The Bertz CT molecular complexity index is 268. The first-order valence-electron chi connectivity index (χ1n) is 4.03. The summed E-state index contributed by atoms with van der Waals surface area (Å²) in [7, 11) is 0. The molecule has 0 saturated carbocycles. The lowest BCUT2D eigenvalue weighted by atomic mass is 10.1. The van der Waals surface area contributed by atoms with E-state index in [1.807, 2.05) is 6.08 Å². The summed E-state index contributed by atoms with van der Waals surface area (Å²) in [5.41, 5.74) is 0.659. The third-order valence-corrected chi connectivity index (χ3v) is 1.67. The predicted molar refractivity (Wildman–Crippen MR) is 51.1 cm³/mol. The molecule has 4 nitrogen and oxygen atoms in total. The normalized spacial score (nSPS) is 14.4. The van der Waals surface area contributed by atoms with E-state index >= 15 is 0 Å². The number of hydrazine groups is 1. The monoisotopic (exact) mass is 179 g/mol. The molecular formula is C9H13N3O. The molecule has 0 unspecified atom stereocenters. The fourth-order valence-corrected chi connectivity index (χ4v) is 1.02. The lowest BCUT2D eigenvalue weighted by Gasteiger charge is -2.17. The van der Waals surface area contributed by atoms with Gasteiger partial charge in [0.05, 0.1) is 6.54 Å². The molecule has 1 aliphatic rings. The molecule has 0 spiro atoms. The summed E-state index contributed by atoms with van der Waals surface area (Å²) in [5, 5.41) is 3.98. The van der Waals surface area contributed by atoms with Gasteiger partial charge in [0.15, 0.2) is 0 Å². The van der Waals surface area contributed by atoms with Gasteiger partial charge in [0.2, 0.25) is 0 Å². The van der Waals surface area contributed by atoms with Crippen molar-refractivity contribution in [2.24, 2.45) is 5.84 Å². The first-order chi connectivity index (χ1) is 6.25. The Balaban J connectivity index is 2.56. The Hall–Kier alpha value is -1.55. The minimum atomic E-state index is -0.170. The maximum atomic E-state index is 11.5. The molecule has 0 bridgehead atoms. The first-order valence-corrected chi connectivity index (χ1v) is 4.03. The van der Waals surface area contributed by atoms with Gasteiger partial charge in [-0.2, -0.15) is 0 Å². The van der Waals surface area contributed by atoms with Gasteiger partial charge in [0.1, 0.15) is 0 Å². The minimum absolute atomic E-state index is 0.170. The quantitative estimate of drug-likeness (QED) is 0.283. The molecule has 0 aromatic rings. The summed E-state index contributed by atoms with van der Waals surface area (Å²) in [5.74, 6) is 5.31. The molecule has 3 N–H and O–H groups in total. The number of hydrogen-bond acceptors (Lipinski definition) is 3. The van der Waals surface area contributed by atoms with Crippen LogP contribution in [0.5, 0.6) is 0 Å². The van der Waals surface area contributed by atoms with E-state index in [9.17, 15) is 4.79 Å². The third-order valence-electron chi connectivity index (χ3n) is 1.67. The van der Waals surface area contributed by atoms with Crippen molar-refractivity contribution in [3.63, 3.8) is 0 Å². The Kier molecular flexibility index (Phi) is 3.28. The Morgan fingerprint density at radius 1 is 1.85 bits per heavy atom. The minimum Gasteiger partial charge on any atom is -0.367 e. The molecule has 13 heavy (non-hydrogen) atoms. The number of nitrogens with zero attached hydrogens (tertiary/aromatic N) is 1. The second kappa shape index (κ2) is 4.47. The van der Waals surface area contributed by atoms with Crippen LogP contribution >= 0.6 is 0 Å². The van der Waals surface area contributed by atoms with Crippen molar-refractivity contribution in [2.45, 2.75) is 6.42 Å². The highest BCUT2D eigenvalue weighted by atomic mass is 16.2. The van der Waals surface area contributed by atoms with Gasteiger partial charge in [-0.1, -0.05) is 12.2 Å². The molecule has 0 fully saturated rings. The van der Waals surface area contributed by atoms with E-state index in [-0.39, 0.29) is 5.91 Å². The molecule has 1 amide bonds. The topological polar surface area (TPSA) is 58.4 Å². The van der Waals surface area contributed by atoms with Crippen molar-refractivity contribution in [1.82, 2.24) is 10.3 Å². The van der Waals surface area contributed by atoms with Crippen LogP contribution in [-0.2, 0) is 4.79 Å². The van der Waals surface area contributed by atoms with Gasteiger partial charge in [-0.05, 0) is 12.6 Å². The zero-order chi connectivity index (χ0) is 9.68. The van der Waals surface area contributed by atoms with Gasteiger partial charge in [0.25, 0.3) is 5.91 Å². The number of nitrogens with one attached hydrogen (secondary N) is 1. The highest BCUT2D eigenvalue weighted by Crippen LogP contribution is 2.07. The standard InChI is InChI=1S/C9H13N3O/c1-2-6-12(10)9(13)8-4-3-5-11-7-8/h2-3,5,7,11H,1,4,6,10H2. The lowest BCUT2D eigenvalue weighted by molar-refractivity contribution is -0.127. The van der Waals surface area contributed by atoms with E-state index in [0.29, 0.717) is 18.5 Å². The van der Waals surface area contributed by atoms with Gasteiger partial charge >= 0.3 is 0 Å². The first kappa shape index (κ1) is 9.54. The molecule has 0 saturated heterocycles. The second-order valence-corrected chi connectivity index (χ2v) is 2.69. The van der Waals surface area contributed by atoms with Crippen LogP contribution in [0.4, 0.5) is 0 Å². The van der Waals surface area contributed by atoms with Crippen molar-refractivity contribution in [3.05, 3.63) is 36.7 Å². The third kappa shape index (κ3) is 2.45. The largest absolute Gasteiger partial charge is 0.367 e. The summed E-state index contributed by atoms with van der Waals surface area (Å²) in [6.07, 6.45) is 7.52. The molecule has 0 radical (unpaired) electrons. The van der Waals surface area contributed by atoms with Crippen molar-refractivity contribution in [2.75, 3.05) is 6.54 Å². The predicted octanol–water partition coefficient (Wildman–Crippen LogP) is 0.266. The van der Waals surface area contributed by atoms with Crippen LogP contribution in [0.25, 0.3) is 0 Å². The molecule has 1 aliphatic heterocycles. The molecular weight excluding hydrogens is 166 g/mol. The van der Waals surface area contributed by atoms with Crippen LogP contribution in [0.2, 0.25) is 0 Å². The lowest BCUT2D eigenvalue weighted by Crippen LogP contribution is -2.38. The van der Waals surface area contributed by atoms with Gasteiger partial charge < -0.3 is 5.32 Å². The number of amides is 1. The number of nitrogens with two attached hydrogens (primary N) is 1. The number of carbonyl (C=O) groups is 1. The smallest absolute Gasteiger partial charge is 0.265 e. The van der Waals surface area contributed by atoms with E-state index < -0.39 is 0 Å². The van der Waals surface area contributed by atoms with Crippen LogP contribution in [0, 0.1) is 0 Å². The molecule has 70 valence electrons. The Morgan fingerprint density at radius 3 is 3.15 bits per heavy atom. The van der Waals surface area contributed by atoms with Crippen molar-refractivity contribution >= 4 is 5.91 Å². The van der Waals surface area contributed by atoms with Gasteiger partial charge in [-0.15, -0.1) is 6.58 Å². The molecule has 0 aromatic heterocycles. The number of hydrogen-bond donors (Lipinski definition) is 2. The maximum absolute atomic E-state index is 11.5. The van der Waals surface area contributed by atoms with Crippen molar-refractivity contribution < 1.29 is 4.79 Å². The summed E-state index contributed by atoms with van der Waals surface area (Å²) in [6, 6.07) is 0. The van der Waals surface area contributed by atoms with Gasteiger partial charge in [0, 0.05) is 11.8 Å². The van der Waals surface area contributed by atoms with E-state index in [1.165, 1.54) is 0 Å². The van der Waals surface area contributed by atoms with E-state index in [0.717, 1.165) is 5.01 Å². The fraction of sp³-hybridized carbons (Fsp3) is 0.222. The number of rotatable bonds is 3.